The molecular formula is C17H20N6O2. The van der Waals surface area contributed by atoms with Crippen LogP contribution in [-0.4, -0.2) is 42.7 Å². The average Bonchev–Trinajstić information content (AvgIpc) is 3.06. The van der Waals surface area contributed by atoms with Gasteiger partial charge >= 0.3 is 5.69 Å². The maximum Gasteiger partial charge on any atom is 0.340 e. The van der Waals surface area contributed by atoms with Crippen molar-refractivity contribution in [1.82, 2.24) is 29.6 Å². The molecule has 8 nitrogen and oxygen atoms in total. The van der Waals surface area contributed by atoms with Crippen LogP contribution in [0.15, 0.2) is 33.9 Å². The first kappa shape index (κ1) is 15.8. The molecule has 0 atom stereocenters. The van der Waals surface area contributed by atoms with E-state index < -0.39 is 0 Å². The van der Waals surface area contributed by atoms with Crippen LogP contribution in [0, 0.1) is 0 Å². The Morgan fingerprint density at radius 1 is 1.20 bits per heavy atom. The Kier molecular flexibility index (Phi) is 3.96. The van der Waals surface area contributed by atoms with Gasteiger partial charge in [-0.25, -0.2) is 14.9 Å². The van der Waals surface area contributed by atoms with Gasteiger partial charge in [-0.1, -0.05) is 12.1 Å². The molecule has 3 heterocycles. The van der Waals surface area contributed by atoms with Crippen molar-refractivity contribution in [3.63, 3.8) is 0 Å². The van der Waals surface area contributed by atoms with Gasteiger partial charge in [0.2, 0.25) is 0 Å². The van der Waals surface area contributed by atoms with Crippen molar-refractivity contribution in [2.75, 3.05) is 13.1 Å². The van der Waals surface area contributed by atoms with E-state index >= 15 is 0 Å². The first-order valence-electron chi connectivity index (χ1n) is 8.43. The van der Waals surface area contributed by atoms with Gasteiger partial charge in [0.25, 0.3) is 5.56 Å². The molecule has 4 rings (SSSR count). The third kappa shape index (κ3) is 3.00. The molecule has 0 bridgehead atoms. The van der Waals surface area contributed by atoms with Gasteiger partial charge in [-0.15, -0.1) is 0 Å². The normalized spacial score (nSPS) is 16.5. The lowest BCUT2D eigenvalue weighted by Gasteiger charge is -2.30. The molecular weight excluding hydrogens is 320 g/mol. The minimum atomic E-state index is -0.257. The summed E-state index contributed by atoms with van der Waals surface area (Å²) in [6.45, 7) is 2.39. The van der Waals surface area contributed by atoms with Crippen LogP contribution >= 0.6 is 0 Å². The van der Waals surface area contributed by atoms with Gasteiger partial charge in [0.05, 0.1) is 17.4 Å². The van der Waals surface area contributed by atoms with Crippen LogP contribution in [0.4, 0.5) is 0 Å². The smallest absolute Gasteiger partial charge is 0.298 e. The Hall–Kier alpha value is -2.74. The van der Waals surface area contributed by atoms with Gasteiger partial charge in [-0.05, 0) is 38.1 Å². The van der Waals surface area contributed by atoms with Crippen LogP contribution in [0.25, 0.3) is 10.9 Å². The van der Waals surface area contributed by atoms with Gasteiger partial charge in [-0.2, -0.15) is 5.10 Å². The first-order valence-corrected chi connectivity index (χ1v) is 8.43. The highest BCUT2D eigenvalue weighted by Gasteiger charge is 2.24. The lowest BCUT2D eigenvalue weighted by molar-refractivity contribution is 0.195. The van der Waals surface area contributed by atoms with E-state index in [0.717, 1.165) is 43.1 Å². The van der Waals surface area contributed by atoms with Crippen LogP contribution in [0.3, 0.4) is 0 Å². The van der Waals surface area contributed by atoms with E-state index in [2.05, 4.69) is 25.1 Å². The maximum absolute atomic E-state index is 12.5. The van der Waals surface area contributed by atoms with Crippen molar-refractivity contribution in [3.05, 3.63) is 56.8 Å². The highest BCUT2D eigenvalue weighted by molar-refractivity contribution is 5.77. The summed E-state index contributed by atoms with van der Waals surface area (Å²) in [5.74, 6) is 1.78. The topological polar surface area (TPSA) is 99.7 Å². The third-order valence-electron chi connectivity index (χ3n) is 4.93. The number of hydrogen-bond acceptors (Lipinski definition) is 5. The molecule has 1 fully saturated rings. The van der Waals surface area contributed by atoms with Crippen molar-refractivity contribution in [3.8, 4) is 0 Å². The van der Waals surface area contributed by atoms with E-state index in [1.807, 2.05) is 24.3 Å². The second kappa shape index (κ2) is 6.29. The second-order valence-electron chi connectivity index (χ2n) is 6.52. The Bertz CT molecular complexity index is 1010. The molecule has 0 radical (unpaired) electrons. The highest BCUT2D eigenvalue weighted by atomic mass is 16.1. The van der Waals surface area contributed by atoms with E-state index in [9.17, 15) is 9.59 Å². The van der Waals surface area contributed by atoms with Crippen molar-refractivity contribution in [2.45, 2.75) is 25.3 Å². The molecule has 130 valence electrons. The van der Waals surface area contributed by atoms with Crippen LogP contribution in [0.2, 0.25) is 0 Å². The number of H-pyrrole nitrogens is 2. The SMILES string of the molecule is Cn1c(CN2CCC(c3n[nH]c(=O)[nH]3)CC2)nc2ccccc2c1=O. The Morgan fingerprint density at radius 3 is 2.68 bits per heavy atom. The number of hydrogen-bond donors (Lipinski definition) is 2. The predicted octanol–water partition coefficient (Wildman–Crippen LogP) is 0.724. The molecule has 1 aliphatic rings. The zero-order chi connectivity index (χ0) is 17.4. The first-order chi connectivity index (χ1) is 12.1. The van der Waals surface area contributed by atoms with Crippen LogP contribution in [-0.2, 0) is 13.6 Å². The van der Waals surface area contributed by atoms with Gasteiger partial charge in [-0.3, -0.25) is 19.2 Å². The van der Waals surface area contributed by atoms with E-state index in [1.165, 1.54) is 0 Å². The molecule has 25 heavy (non-hydrogen) atoms. The summed E-state index contributed by atoms with van der Waals surface area (Å²) in [6.07, 6.45) is 1.84. The van der Waals surface area contributed by atoms with Crippen molar-refractivity contribution >= 4 is 10.9 Å². The standard InChI is InChI=1S/C17H20N6O2/c1-22-14(18-13-5-3-2-4-12(13)16(22)24)10-23-8-6-11(7-9-23)15-19-17(25)21-20-15/h2-5,11H,6-10H2,1H3,(H2,19,20,21,25). The number of aromatic nitrogens is 5. The Balaban J connectivity index is 1.50. The summed E-state index contributed by atoms with van der Waals surface area (Å²) in [5.41, 5.74) is 0.474. The number of piperidine rings is 1. The van der Waals surface area contributed by atoms with Gasteiger partial charge in [0.1, 0.15) is 11.6 Å². The molecule has 1 saturated heterocycles. The maximum atomic E-state index is 12.5. The molecule has 1 aliphatic heterocycles. The lowest BCUT2D eigenvalue weighted by atomic mass is 9.96. The molecule has 0 amide bonds. The largest absolute Gasteiger partial charge is 0.340 e. The van der Waals surface area contributed by atoms with Gasteiger partial charge in [0.15, 0.2) is 0 Å². The zero-order valence-electron chi connectivity index (χ0n) is 14.0. The summed E-state index contributed by atoms with van der Waals surface area (Å²) < 4.78 is 1.64. The van der Waals surface area contributed by atoms with Crippen molar-refractivity contribution in [1.29, 1.82) is 0 Å². The fourth-order valence-electron chi connectivity index (χ4n) is 3.45. The molecule has 0 aliphatic carbocycles. The summed E-state index contributed by atoms with van der Waals surface area (Å²) in [6, 6.07) is 7.44. The number of aromatic amines is 2. The molecule has 2 N–H and O–H groups in total. The molecule has 0 unspecified atom stereocenters. The molecule has 3 aromatic rings. The molecule has 0 spiro atoms. The van der Waals surface area contributed by atoms with E-state index in [4.69, 9.17) is 0 Å². The van der Waals surface area contributed by atoms with Gasteiger partial charge < -0.3 is 0 Å². The van der Waals surface area contributed by atoms with Crippen LogP contribution in [0.5, 0.6) is 0 Å². The predicted molar refractivity (Wildman–Crippen MR) is 93.4 cm³/mol. The summed E-state index contributed by atoms with van der Waals surface area (Å²) >= 11 is 0. The lowest BCUT2D eigenvalue weighted by Crippen LogP contribution is -2.35. The minimum absolute atomic E-state index is 0.00964. The number of para-hydroxylation sites is 1. The number of benzene rings is 1. The molecule has 8 heteroatoms. The fourth-order valence-corrected chi connectivity index (χ4v) is 3.45. The van der Waals surface area contributed by atoms with Crippen molar-refractivity contribution in [2.24, 2.45) is 7.05 Å². The summed E-state index contributed by atoms with van der Waals surface area (Å²) in [7, 11) is 1.78. The van der Waals surface area contributed by atoms with Gasteiger partial charge in [0, 0.05) is 13.0 Å². The number of nitrogens with zero attached hydrogens (tertiary/aromatic N) is 4. The molecule has 1 aromatic carbocycles. The Labute approximate surface area is 143 Å². The number of likely N-dealkylation sites (tertiary alicyclic amines) is 1. The monoisotopic (exact) mass is 340 g/mol. The van der Waals surface area contributed by atoms with E-state index in [-0.39, 0.29) is 17.2 Å². The number of nitrogens with one attached hydrogen (secondary N) is 2. The van der Waals surface area contributed by atoms with E-state index in [1.54, 1.807) is 11.6 Å². The fraction of sp³-hybridized carbons (Fsp3) is 0.412. The van der Waals surface area contributed by atoms with E-state index in [0.29, 0.717) is 11.9 Å². The minimum Gasteiger partial charge on any atom is -0.298 e. The second-order valence-corrected chi connectivity index (χ2v) is 6.52. The Morgan fingerprint density at radius 2 is 1.96 bits per heavy atom. The molecule has 2 aromatic heterocycles. The van der Waals surface area contributed by atoms with Crippen LogP contribution in [0.1, 0.15) is 30.4 Å². The summed E-state index contributed by atoms with van der Waals surface area (Å²) in [5, 5.41) is 7.11. The quantitative estimate of drug-likeness (QED) is 0.732. The summed E-state index contributed by atoms with van der Waals surface area (Å²) in [4.78, 5) is 33.4. The average molecular weight is 340 g/mol. The van der Waals surface area contributed by atoms with Crippen LogP contribution < -0.4 is 11.2 Å². The number of rotatable bonds is 3. The number of fused-ring (bicyclic) bond motifs is 1. The third-order valence-corrected chi connectivity index (χ3v) is 4.93. The van der Waals surface area contributed by atoms with Crippen molar-refractivity contribution < 1.29 is 0 Å². The molecule has 0 saturated carbocycles. The zero-order valence-corrected chi connectivity index (χ0v) is 14.0. The highest BCUT2D eigenvalue weighted by Crippen LogP contribution is 2.25.